The smallest absolute Gasteiger partial charge is 0.312 e. The summed E-state index contributed by atoms with van der Waals surface area (Å²) in [5.41, 5.74) is 4.39. The van der Waals surface area contributed by atoms with Crippen LogP contribution in [0, 0.1) is 26.7 Å². The van der Waals surface area contributed by atoms with Gasteiger partial charge in [-0.1, -0.05) is 48.0 Å². The molecule has 1 amide bonds. The highest BCUT2D eigenvalue weighted by Crippen LogP contribution is 2.31. The van der Waals surface area contributed by atoms with Crippen molar-refractivity contribution in [2.24, 2.45) is 5.92 Å². The molecular formula is C23H25NO4. The Morgan fingerprint density at radius 3 is 2.25 bits per heavy atom. The number of nitrogens with zero attached hydrogens (tertiary/aromatic N) is 1. The second-order valence-electron chi connectivity index (χ2n) is 7.46. The van der Waals surface area contributed by atoms with Crippen LogP contribution in [0.15, 0.2) is 42.5 Å². The van der Waals surface area contributed by atoms with Gasteiger partial charge in [-0.25, -0.2) is 0 Å². The summed E-state index contributed by atoms with van der Waals surface area (Å²) in [4.78, 5) is 39.2. The van der Waals surface area contributed by atoms with Crippen LogP contribution in [0.2, 0.25) is 0 Å². The number of para-hydroxylation sites is 1. The van der Waals surface area contributed by atoms with Crippen molar-refractivity contribution in [2.75, 3.05) is 11.4 Å². The topological polar surface area (TPSA) is 63.7 Å². The number of anilines is 1. The first kappa shape index (κ1) is 19.8. The molecule has 5 nitrogen and oxygen atoms in total. The van der Waals surface area contributed by atoms with Gasteiger partial charge in [-0.05, 0) is 38.8 Å². The molecule has 0 radical (unpaired) electrons. The Labute approximate surface area is 165 Å². The van der Waals surface area contributed by atoms with Gasteiger partial charge in [0.2, 0.25) is 11.7 Å². The Hall–Kier alpha value is -2.95. The lowest BCUT2D eigenvalue weighted by Crippen LogP contribution is -2.31. The Bertz CT molecular complexity index is 896. The number of hydrogen-bond acceptors (Lipinski definition) is 4. The van der Waals surface area contributed by atoms with Crippen molar-refractivity contribution in [1.29, 1.82) is 0 Å². The first-order valence-electron chi connectivity index (χ1n) is 9.46. The zero-order valence-corrected chi connectivity index (χ0v) is 16.7. The second-order valence-corrected chi connectivity index (χ2v) is 7.46. The number of aryl methyl sites for hydroxylation is 3. The molecule has 0 aliphatic carbocycles. The van der Waals surface area contributed by atoms with Gasteiger partial charge in [0, 0.05) is 24.2 Å². The van der Waals surface area contributed by atoms with Crippen molar-refractivity contribution < 1.29 is 19.1 Å². The summed E-state index contributed by atoms with van der Waals surface area (Å²) in [6.07, 6.45) is -0.794. The molecule has 3 rings (SSSR count). The number of carbonyl (C=O) groups is 3. The highest BCUT2D eigenvalue weighted by Gasteiger charge is 2.38. The highest BCUT2D eigenvalue weighted by atomic mass is 16.5. The summed E-state index contributed by atoms with van der Waals surface area (Å²) in [6.45, 7) is 7.68. The van der Waals surface area contributed by atoms with Crippen molar-refractivity contribution in [1.82, 2.24) is 0 Å². The zero-order valence-electron chi connectivity index (χ0n) is 16.7. The molecule has 5 heteroatoms. The van der Waals surface area contributed by atoms with E-state index in [1.807, 2.05) is 51.1 Å². The van der Waals surface area contributed by atoms with Crippen molar-refractivity contribution in [3.63, 3.8) is 0 Å². The fraction of sp³-hybridized carbons (Fsp3) is 0.348. The van der Waals surface area contributed by atoms with Crippen molar-refractivity contribution in [3.05, 3.63) is 64.7 Å². The van der Waals surface area contributed by atoms with Crippen LogP contribution in [0.5, 0.6) is 0 Å². The Balaban J connectivity index is 1.67. The van der Waals surface area contributed by atoms with E-state index in [4.69, 9.17) is 4.74 Å². The van der Waals surface area contributed by atoms with Gasteiger partial charge in [0.15, 0.2) is 6.10 Å². The maximum atomic E-state index is 12.6. The van der Waals surface area contributed by atoms with Crippen LogP contribution < -0.4 is 4.90 Å². The van der Waals surface area contributed by atoms with Crippen LogP contribution in [0.3, 0.4) is 0 Å². The number of rotatable bonds is 5. The molecule has 1 fully saturated rings. The van der Waals surface area contributed by atoms with E-state index < -0.39 is 18.0 Å². The second kappa shape index (κ2) is 7.97. The average molecular weight is 379 g/mol. The first-order valence-corrected chi connectivity index (χ1v) is 9.46. The van der Waals surface area contributed by atoms with Gasteiger partial charge >= 0.3 is 5.97 Å². The zero-order chi connectivity index (χ0) is 20.4. The summed E-state index contributed by atoms with van der Waals surface area (Å²) in [5, 5.41) is 0. The summed E-state index contributed by atoms with van der Waals surface area (Å²) < 4.78 is 5.41. The molecule has 0 saturated carbocycles. The van der Waals surface area contributed by atoms with E-state index >= 15 is 0 Å². The minimum absolute atomic E-state index is 0.0953. The normalized spacial score (nSPS) is 17.5. The Morgan fingerprint density at radius 2 is 1.64 bits per heavy atom. The number of hydrogen-bond donors (Lipinski definition) is 0. The standard InChI is InChI=1S/C23H25NO4/c1-14-8-10-18(11-9-14)22(26)17(4)28-23(27)19-12-20(25)24(13-19)21-15(2)6-5-7-16(21)3/h5-11,17,19H,12-13H2,1-4H3/t17-,19-/m0/s1. The lowest BCUT2D eigenvalue weighted by atomic mass is 10.0. The fourth-order valence-electron chi connectivity index (χ4n) is 3.59. The summed E-state index contributed by atoms with van der Waals surface area (Å²) in [5.74, 6) is -1.42. The molecule has 28 heavy (non-hydrogen) atoms. The number of amides is 1. The predicted octanol–water partition coefficient (Wildman–Crippen LogP) is 3.78. The van der Waals surface area contributed by atoms with Crippen LogP contribution in [0.1, 0.15) is 40.4 Å². The van der Waals surface area contributed by atoms with Crippen LogP contribution in [-0.4, -0.2) is 30.3 Å². The number of ketones is 1. The molecule has 0 spiro atoms. The van der Waals surface area contributed by atoms with Gasteiger partial charge in [-0.3, -0.25) is 14.4 Å². The SMILES string of the molecule is Cc1ccc(C(=O)[C@H](C)OC(=O)[C@H]2CC(=O)N(c3c(C)cccc3C)C2)cc1. The van der Waals surface area contributed by atoms with E-state index in [0.29, 0.717) is 5.56 Å². The van der Waals surface area contributed by atoms with Gasteiger partial charge in [0.1, 0.15) is 0 Å². The van der Waals surface area contributed by atoms with Crippen LogP contribution >= 0.6 is 0 Å². The van der Waals surface area contributed by atoms with Gasteiger partial charge in [-0.2, -0.15) is 0 Å². The molecule has 1 aliphatic rings. The van der Waals surface area contributed by atoms with Gasteiger partial charge in [-0.15, -0.1) is 0 Å². The van der Waals surface area contributed by atoms with Gasteiger partial charge < -0.3 is 9.64 Å². The third-order valence-electron chi connectivity index (χ3n) is 5.17. The van der Waals surface area contributed by atoms with E-state index in [9.17, 15) is 14.4 Å². The predicted molar refractivity (Wildman–Crippen MR) is 107 cm³/mol. The third-order valence-corrected chi connectivity index (χ3v) is 5.17. The summed E-state index contributed by atoms with van der Waals surface area (Å²) in [7, 11) is 0. The molecule has 146 valence electrons. The Morgan fingerprint density at radius 1 is 1.04 bits per heavy atom. The van der Waals surface area contributed by atoms with Crippen LogP contribution in [-0.2, 0) is 14.3 Å². The van der Waals surface area contributed by atoms with E-state index in [2.05, 4.69) is 0 Å². The molecule has 0 unspecified atom stereocenters. The fourth-order valence-corrected chi connectivity index (χ4v) is 3.59. The lowest BCUT2D eigenvalue weighted by molar-refractivity contribution is -0.151. The number of ether oxygens (including phenoxy) is 1. The first-order chi connectivity index (χ1) is 13.3. The molecule has 0 bridgehead atoms. The number of carbonyl (C=O) groups excluding carboxylic acids is 3. The van der Waals surface area contributed by atoms with Gasteiger partial charge in [0.25, 0.3) is 0 Å². The quantitative estimate of drug-likeness (QED) is 0.586. The molecule has 0 aromatic heterocycles. The largest absolute Gasteiger partial charge is 0.454 e. The van der Waals surface area contributed by atoms with Gasteiger partial charge in [0.05, 0.1) is 5.92 Å². The molecule has 1 heterocycles. The molecule has 1 aliphatic heterocycles. The average Bonchev–Trinajstić information content (AvgIpc) is 3.03. The van der Waals surface area contributed by atoms with E-state index in [1.54, 1.807) is 24.0 Å². The molecule has 0 N–H and O–H groups in total. The van der Waals surface area contributed by atoms with Crippen molar-refractivity contribution >= 4 is 23.3 Å². The maximum Gasteiger partial charge on any atom is 0.312 e. The molecular weight excluding hydrogens is 354 g/mol. The highest BCUT2D eigenvalue weighted by molar-refractivity contribution is 6.02. The van der Waals surface area contributed by atoms with Crippen LogP contribution in [0.25, 0.3) is 0 Å². The Kier molecular flexibility index (Phi) is 5.63. The van der Waals surface area contributed by atoms with Crippen LogP contribution in [0.4, 0.5) is 5.69 Å². The molecule has 2 atom stereocenters. The summed E-state index contributed by atoms with van der Waals surface area (Å²) in [6, 6.07) is 13.0. The molecule has 1 saturated heterocycles. The van der Waals surface area contributed by atoms with E-state index in [0.717, 1.165) is 22.4 Å². The molecule has 2 aromatic rings. The summed E-state index contributed by atoms with van der Waals surface area (Å²) >= 11 is 0. The van der Waals surface area contributed by atoms with Crippen molar-refractivity contribution in [2.45, 2.75) is 40.2 Å². The minimum Gasteiger partial charge on any atom is -0.454 e. The maximum absolute atomic E-state index is 12.6. The van der Waals surface area contributed by atoms with E-state index in [1.165, 1.54) is 0 Å². The number of Topliss-reactive ketones (excluding diaryl/α,β-unsaturated/α-hetero) is 1. The van der Waals surface area contributed by atoms with Crippen molar-refractivity contribution in [3.8, 4) is 0 Å². The monoisotopic (exact) mass is 379 g/mol. The van der Waals surface area contributed by atoms with E-state index in [-0.39, 0.29) is 24.7 Å². The minimum atomic E-state index is -0.889. The molecule has 2 aromatic carbocycles. The number of esters is 1. The third kappa shape index (κ3) is 3.98. The lowest BCUT2D eigenvalue weighted by Gasteiger charge is -2.21. The number of benzene rings is 2.